The van der Waals surface area contributed by atoms with Gasteiger partial charge in [0.15, 0.2) is 5.82 Å². The molecule has 0 spiro atoms. The van der Waals surface area contributed by atoms with Crippen LogP contribution in [0.2, 0.25) is 0 Å². The molecule has 0 radical (unpaired) electrons. The molecule has 0 aliphatic rings. The van der Waals surface area contributed by atoms with Crippen LogP contribution in [0.1, 0.15) is 42.6 Å². The van der Waals surface area contributed by atoms with Gasteiger partial charge in [0.2, 0.25) is 0 Å². The molecular weight excluding hydrogens is 268 g/mol. The van der Waals surface area contributed by atoms with E-state index in [-0.39, 0.29) is 5.97 Å². The van der Waals surface area contributed by atoms with E-state index in [1.54, 1.807) is 6.92 Å². The highest BCUT2D eigenvalue weighted by molar-refractivity contribution is 6.06. The Labute approximate surface area is 124 Å². The van der Waals surface area contributed by atoms with Crippen molar-refractivity contribution >= 4 is 22.8 Å². The zero-order chi connectivity index (χ0) is 15.6. The maximum atomic E-state index is 12.3. The number of ether oxygens (including phenoxy) is 1. The zero-order valence-electron chi connectivity index (χ0n) is 13.3. The van der Waals surface area contributed by atoms with Crippen molar-refractivity contribution in [2.75, 3.05) is 18.5 Å². The zero-order valence-corrected chi connectivity index (χ0v) is 13.3. The fraction of sp³-hybridized carbons (Fsp3) is 0.533. The van der Waals surface area contributed by atoms with Gasteiger partial charge in [0.05, 0.1) is 17.8 Å². The summed E-state index contributed by atoms with van der Waals surface area (Å²) in [6, 6.07) is 0. The molecule has 0 atom stereocenters. The number of carbonyl (C=O) groups excluding carboxylic acids is 1. The largest absolute Gasteiger partial charge is 0.462 e. The predicted octanol–water partition coefficient (Wildman–Crippen LogP) is 2.68. The molecule has 0 saturated carbocycles. The van der Waals surface area contributed by atoms with Crippen LogP contribution < -0.4 is 5.32 Å². The molecule has 0 bridgehead atoms. The van der Waals surface area contributed by atoms with Crippen molar-refractivity contribution in [1.29, 1.82) is 0 Å². The minimum Gasteiger partial charge on any atom is -0.462 e. The Kier molecular flexibility index (Phi) is 4.45. The number of anilines is 1. The minimum absolute atomic E-state index is 0.341. The highest BCUT2D eigenvalue weighted by atomic mass is 16.5. The maximum Gasteiger partial charge on any atom is 0.342 e. The molecular formula is C15H22N4O2. The summed E-state index contributed by atoms with van der Waals surface area (Å²) in [6.45, 7) is 11.4. The van der Waals surface area contributed by atoms with Gasteiger partial charge in [0.1, 0.15) is 16.9 Å². The second-order valence-corrected chi connectivity index (χ2v) is 4.77. The normalized spacial score (nSPS) is 10.9. The van der Waals surface area contributed by atoms with Crippen LogP contribution in [0.4, 0.5) is 5.82 Å². The van der Waals surface area contributed by atoms with E-state index in [0.29, 0.717) is 23.7 Å². The number of pyridine rings is 1. The van der Waals surface area contributed by atoms with Gasteiger partial charge >= 0.3 is 5.97 Å². The summed E-state index contributed by atoms with van der Waals surface area (Å²) in [4.78, 5) is 21.4. The number of carbonyl (C=O) groups is 1. The Morgan fingerprint density at radius 1 is 1.24 bits per heavy atom. The lowest BCUT2D eigenvalue weighted by molar-refractivity contribution is 0.0527. The van der Waals surface area contributed by atoms with E-state index in [1.165, 1.54) is 0 Å². The van der Waals surface area contributed by atoms with E-state index in [0.717, 1.165) is 29.9 Å². The van der Waals surface area contributed by atoms with Crippen molar-refractivity contribution in [2.45, 2.75) is 41.2 Å². The molecule has 6 heteroatoms. The van der Waals surface area contributed by atoms with Crippen LogP contribution in [0.15, 0.2) is 0 Å². The van der Waals surface area contributed by atoms with Gasteiger partial charge in [-0.1, -0.05) is 0 Å². The Morgan fingerprint density at radius 2 is 1.95 bits per heavy atom. The molecule has 0 aliphatic heterocycles. The molecule has 6 nitrogen and oxygen atoms in total. The lowest BCUT2D eigenvalue weighted by Crippen LogP contribution is -2.13. The topological polar surface area (TPSA) is 69.0 Å². The third-order valence-corrected chi connectivity index (χ3v) is 3.40. The first-order valence-electron chi connectivity index (χ1n) is 7.33. The van der Waals surface area contributed by atoms with Gasteiger partial charge in [-0.2, -0.15) is 0 Å². The Hall–Kier alpha value is -2.11. The second-order valence-electron chi connectivity index (χ2n) is 4.77. The molecule has 21 heavy (non-hydrogen) atoms. The first-order valence-corrected chi connectivity index (χ1v) is 7.33. The molecule has 2 heterocycles. The molecule has 0 aromatic carbocycles. The van der Waals surface area contributed by atoms with Gasteiger partial charge < -0.3 is 14.6 Å². The summed E-state index contributed by atoms with van der Waals surface area (Å²) in [5.41, 5.74) is 2.70. The van der Waals surface area contributed by atoms with Crippen LogP contribution in [0.25, 0.3) is 11.0 Å². The van der Waals surface area contributed by atoms with E-state index in [4.69, 9.17) is 4.74 Å². The average Bonchev–Trinajstić information content (AvgIpc) is 2.76. The number of rotatable bonds is 5. The first kappa shape index (κ1) is 15.3. The first-order chi connectivity index (χ1) is 10.0. The molecule has 0 amide bonds. The fourth-order valence-electron chi connectivity index (χ4n) is 2.56. The van der Waals surface area contributed by atoms with Gasteiger partial charge in [-0.05, 0) is 34.6 Å². The quantitative estimate of drug-likeness (QED) is 0.857. The van der Waals surface area contributed by atoms with Crippen molar-refractivity contribution in [2.24, 2.45) is 0 Å². The van der Waals surface area contributed by atoms with Crippen molar-refractivity contribution in [1.82, 2.24) is 14.5 Å². The number of esters is 1. The number of fused-ring (bicyclic) bond motifs is 1. The molecule has 0 saturated heterocycles. The van der Waals surface area contributed by atoms with Crippen LogP contribution in [-0.2, 0) is 11.3 Å². The third kappa shape index (κ3) is 2.57. The summed E-state index contributed by atoms with van der Waals surface area (Å²) >= 11 is 0. The number of hydrogen-bond donors (Lipinski definition) is 1. The molecule has 2 rings (SSSR count). The van der Waals surface area contributed by atoms with Crippen molar-refractivity contribution in [3.05, 3.63) is 17.1 Å². The number of imidazole rings is 1. The summed E-state index contributed by atoms with van der Waals surface area (Å²) in [5.74, 6) is 1.24. The lowest BCUT2D eigenvalue weighted by Gasteiger charge is -2.12. The SMILES string of the molecule is CCNc1nc(C)c(C(=O)OCC)c2c1nc(C)n2CC. The standard InChI is InChI=1S/C15H22N4O2/c1-6-16-14-12-13(19(7-2)10(5)18-12)11(9(4)17-14)15(20)21-8-3/h6-8H2,1-5H3,(H,16,17). The summed E-state index contributed by atoms with van der Waals surface area (Å²) < 4.78 is 7.21. The average molecular weight is 290 g/mol. The Morgan fingerprint density at radius 3 is 2.52 bits per heavy atom. The van der Waals surface area contributed by atoms with Crippen molar-refractivity contribution in [3.8, 4) is 0 Å². The van der Waals surface area contributed by atoms with Gasteiger partial charge in [-0.25, -0.2) is 14.8 Å². The number of nitrogens with zero attached hydrogens (tertiary/aromatic N) is 3. The van der Waals surface area contributed by atoms with Gasteiger partial charge in [-0.15, -0.1) is 0 Å². The molecule has 0 aliphatic carbocycles. The molecule has 2 aromatic heterocycles. The van der Waals surface area contributed by atoms with E-state index in [2.05, 4.69) is 15.3 Å². The number of nitrogens with one attached hydrogen (secondary N) is 1. The van der Waals surface area contributed by atoms with E-state index in [9.17, 15) is 4.79 Å². The molecule has 114 valence electrons. The molecule has 2 aromatic rings. The van der Waals surface area contributed by atoms with E-state index in [1.807, 2.05) is 32.3 Å². The molecule has 1 N–H and O–H groups in total. The highest BCUT2D eigenvalue weighted by Crippen LogP contribution is 2.28. The molecule has 0 unspecified atom stereocenters. The predicted molar refractivity (Wildman–Crippen MR) is 82.8 cm³/mol. The van der Waals surface area contributed by atoms with Gasteiger partial charge in [-0.3, -0.25) is 0 Å². The number of hydrogen-bond acceptors (Lipinski definition) is 5. The van der Waals surface area contributed by atoms with Crippen LogP contribution in [0.5, 0.6) is 0 Å². The van der Waals surface area contributed by atoms with E-state index < -0.39 is 0 Å². The Balaban J connectivity index is 2.81. The van der Waals surface area contributed by atoms with Gasteiger partial charge in [0, 0.05) is 13.1 Å². The van der Waals surface area contributed by atoms with Crippen LogP contribution in [-0.4, -0.2) is 33.7 Å². The summed E-state index contributed by atoms with van der Waals surface area (Å²) in [7, 11) is 0. The van der Waals surface area contributed by atoms with Crippen LogP contribution >= 0.6 is 0 Å². The molecule has 0 fully saturated rings. The minimum atomic E-state index is -0.342. The third-order valence-electron chi connectivity index (χ3n) is 3.40. The number of aromatic nitrogens is 3. The summed E-state index contributed by atoms with van der Waals surface area (Å²) in [6.07, 6.45) is 0. The maximum absolute atomic E-state index is 12.3. The van der Waals surface area contributed by atoms with Crippen LogP contribution in [0.3, 0.4) is 0 Å². The van der Waals surface area contributed by atoms with Crippen molar-refractivity contribution in [3.63, 3.8) is 0 Å². The van der Waals surface area contributed by atoms with Crippen LogP contribution in [0, 0.1) is 13.8 Å². The van der Waals surface area contributed by atoms with E-state index >= 15 is 0 Å². The van der Waals surface area contributed by atoms with Gasteiger partial charge in [0.25, 0.3) is 0 Å². The second kappa shape index (κ2) is 6.11. The Bertz CT molecular complexity index is 676. The lowest BCUT2D eigenvalue weighted by atomic mass is 10.1. The monoisotopic (exact) mass is 290 g/mol. The number of aryl methyl sites for hydroxylation is 3. The highest BCUT2D eigenvalue weighted by Gasteiger charge is 2.23. The summed E-state index contributed by atoms with van der Waals surface area (Å²) in [5, 5.41) is 3.22. The fourth-order valence-corrected chi connectivity index (χ4v) is 2.56. The smallest absolute Gasteiger partial charge is 0.342 e. The van der Waals surface area contributed by atoms with Crippen molar-refractivity contribution < 1.29 is 9.53 Å².